The molecule has 1 unspecified atom stereocenters. The first kappa shape index (κ1) is 23.5. The highest BCUT2D eigenvalue weighted by atomic mass is 19.4. The molecule has 0 amide bonds. The summed E-state index contributed by atoms with van der Waals surface area (Å²) in [5.41, 5.74) is 1.45. The van der Waals surface area contributed by atoms with Crippen LogP contribution in [-0.4, -0.2) is 26.0 Å². The molecule has 2 aliphatic heterocycles. The van der Waals surface area contributed by atoms with Crippen molar-refractivity contribution in [3.63, 3.8) is 0 Å². The van der Waals surface area contributed by atoms with Crippen LogP contribution in [0.1, 0.15) is 59.6 Å². The summed E-state index contributed by atoms with van der Waals surface area (Å²) in [4.78, 5) is 30.6. The van der Waals surface area contributed by atoms with Gasteiger partial charge in [-0.3, -0.25) is 9.59 Å². The van der Waals surface area contributed by atoms with Gasteiger partial charge in [0.15, 0.2) is 5.78 Å². The summed E-state index contributed by atoms with van der Waals surface area (Å²) < 4.78 is 48.0. The second-order valence-electron chi connectivity index (χ2n) is 9.46. The van der Waals surface area contributed by atoms with E-state index in [1.807, 2.05) is 13.8 Å². The maximum absolute atomic E-state index is 13.4. The van der Waals surface area contributed by atoms with Gasteiger partial charge in [-0.25, -0.2) is 4.98 Å². The molecule has 0 N–H and O–H groups in total. The van der Waals surface area contributed by atoms with Crippen molar-refractivity contribution in [3.8, 4) is 5.69 Å². The molecule has 6 nitrogen and oxygen atoms in total. The molecule has 0 radical (unpaired) electrons. The highest BCUT2D eigenvalue weighted by Gasteiger charge is 2.40. The molecule has 4 heterocycles. The Morgan fingerprint density at radius 3 is 2.46 bits per heavy atom. The molecular formula is C26H26F3N3O3. The molecule has 0 saturated carbocycles. The van der Waals surface area contributed by atoms with Crippen molar-refractivity contribution in [2.45, 2.75) is 58.0 Å². The number of alkyl halides is 3. The maximum Gasteiger partial charge on any atom is 0.416 e. The van der Waals surface area contributed by atoms with E-state index in [1.54, 1.807) is 29.2 Å². The minimum atomic E-state index is -4.37. The first-order valence-corrected chi connectivity index (χ1v) is 11.7. The zero-order chi connectivity index (χ0) is 24.9. The Labute approximate surface area is 200 Å². The predicted octanol–water partition coefficient (Wildman–Crippen LogP) is 5.12. The number of pyridine rings is 1. The zero-order valence-corrected chi connectivity index (χ0v) is 19.5. The molecule has 1 fully saturated rings. The third-order valence-electron chi connectivity index (χ3n) is 7.28. The normalized spacial score (nSPS) is 23.3. The number of imidazole rings is 1. The van der Waals surface area contributed by atoms with Crippen LogP contribution >= 0.6 is 0 Å². The number of Topliss-reactive ketones (excluding diaryl/α,β-unsaturated/α-hetero) is 1. The number of carbonyl (C=O) groups is 1. The SMILES string of the molecule is Cc1cn(-c2ccc3n(c2=O)CCC([C@@H](C)[C@@H]2CC[C@H](c4ccc(C(F)(F)F)cc4)O2)C3=O)cn1. The van der Waals surface area contributed by atoms with Crippen LogP contribution < -0.4 is 5.56 Å². The van der Waals surface area contributed by atoms with Gasteiger partial charge >= 0.3 is 6.18 Å². The number of ether oxygens (including phenoxy) is 1. The van der Waals surface area contributed by atoms with E-state index in [2.05, 4.69) is 4.98 Å². The molecule has 5 rings (SSSR count). The van der Waals surface area contributed by atoms with Crippen LogP contribution in [0.3, 0.4) is 0 Å². The first-order chi connectivity index (χ1) is 16.6. The molecule has 184 valence electrons. The number of benzene rings is 1. The Kier molecular flexibility index (Phi) is 5.91. The lowest BCUT2D eigenvalue weighted by Gasteiger charge is -2.32. The maximum atomic E-state index is 13.4. The number of fused-ring (bicyclic) bond motifs is 1. The number of aryl methyl sites for hydroxylation is 1. The van der Waals surface area contributed by atoms with E-state index in [0.717, 1.165) is 24.2 Å². The smallest absolute Gasteiger partial charge is 0.370 e. The predicted molar refractivity (Wildman–Crippen MR) is 122 cm³/mol. The van der Waals surface area contributed by atoms with Crippen LogP contribution in [0, 0.1) is 18.8 Å². The number of carbonyl (C=O) groups excluding carboxylic acids is 1. The Bertz CT molecular complexity index is 1310. The average molecular weight is 486 g/mol. The van der Waals surface area contributed by atoms with E-state index in [9.17, 15) is 22.8 Å². The number of hydrogen-bond donors (Lipinski definition) is 0. The van der Waals surface area contributed by atoms with E-state index in [0.29, 0.717) is 36.3 Å². The highest BCUT2D eigenvalue weighted by Crippen LogP contribution is 2.40. The van der Waals surface area contributed by atoms with Gasteiger partial charge in [0, 0.05) is 18.7 Å². The lowest BCUT2D eigenvalue weighted by molar-refractivity contribution is -0.137. The fourth-order valence-electron chi connectivity index (χ4n) is 5.28. The lowest BCUT2D eigenvalue weighted by Crippen LogP contribution is -2.40. The van der Waals surface area contributed by atoms with Gasteiger partial charge in [0.1, 0.15) is 5.69 Å². The number of hydrogen-bond acceptors (Lipinski definition) is 4. The van der Waals surface area contributed by atoms with Crippen LogP contribution in [0.15, 0.2) is 53.7 Å². The quantitative estimate of drug-likeness (QED) is 0.515. The standard InChI is InChI=1S/C26H26F3N3O3/c1-15-13-31(14-30-15)21-8-7-20-24(33)19(11-12-32(20)25(21)34)16(2)22-9-10-23(35-22)17-3-5-18(6-4-17)26(27,28)29/h3-8,13-14,16,19,22-23H,9-12H2,1-2H3/t16-,19?,22+,23-/m1/s1. The van der Waals surface area contributed by atoms with Crippen LogP contribution in [0.2, 0.25) is 0 Å². The van der Waals surface area contributed by atoms with Gasteiger partial charge < -0.3 is 13.9 Å². The first-order valence-electron chi connectivity index (χ1n) is 11.7. The molecule has 1 aromatic carbocycles. The van der Waals surface area contributed by atoms with Crippen LogP contribution in [-0.2, 0) is 17.5 Å². The second-order valence-corrected chi connectivity index (χ2v) is 9.46. The van der Waals surface area contributed by atoms with Crippen molar-refractivity contribution in [2.24, 2.45) is 11.8 Å². The van der Waals surface area contributed by atoms with Crippen molar-refractivity contribution in [2.75, 3.05) is 0 Å². The van der Waals surface area contributed by atoms with Crippen LogP contribution in [0.4, 0.5) is 13.2 Å². The Balaban J connectivity index is 1.30. The summed E-state index contributed by atoms with van der Waals surface area (Å²) in [6, 6.07) is 8.45. The zero-order valence-electron chi connectivity index (χ0n) is 19.5. The minimum absolute atomic E-state index is 0.0733. The number of nitrogens with zero attached hydrogens (tertiary/aromatic N) is 3. The minimum Gasteiger partial charge on any atom is -0.370 e. The van der Waals surface area contributed by atoms with E-state index in [1.165, 1.54) is 16.7 Å². The Morgan fingerprint density at radius 1 is 1.06 bits per heavy atom. The largest absolute Gasteiger partial charge is 0.416 e. The van der Waals surface area contributed by atoms with Gasteiger partial charge in [-0.1, -0.05) is 19.1 Å². The third-order valence-corrected chi connectivity index (χ3v) is 7.28. The van der Waals surface area contributed by atoms with Gasteiger partial charge in [-0.05, 0) is 61.9 Å². The lowest BCUT2D eigenvalue weighted by atomic mass is 9.80. The van der Waals surface area contributed by atoms with Crippen molar-refractivity contribution in [3.05, 3.63) is 81.8 Å². The van der Waals surface area contributed by atoms with E-state index < -0.39 is 11.7 Å². The molecule has 2 aromatic heterocycles. The molecule has 35 heavy (non-hydrogen) atoms. The fourth-order valence-corrected chi connectivity index (χ4v) is 5.28. The van der Waals surface area contributed by atoms with Crippen molar-refractivity contribution < 1.29 is 22.7 Å². The molecule has 2 aliphatic rings. The highest BCUT2D eigenvalue weighted by molar-refractivity contribution is 5.97. The van der Waals surface area contributed by atoms with Gasteiger partial charge in [0.2, 0.25) is 0 Å². The molecule has 3 aromatic rings. The fraction of sp³-hybridized carbons (Fsp3) is 0.423. The molecule has 0 aliphatic carbocycles. The van der Waals surface area contributed by atoms with Gasteiger partial charge in [-0.15, -0.1) is 0 Å². The third kappa shape index (κ3) is 4.33. The summed E-state index contributed by atoms with van der Waals surface area (Å²) in [6.45, 7) is 4.26. The molecule has 0 bridgehead atoms. The summed E-state index contributed by atoms with van der Waals surface area (Å²) >= 11 is 0. The van der Waals surface area contributed by atoms with Crippen molar-refractivity contribution >= 4 is 5.78 Å². The molecule has 4 atom stereocenters. The van der Waals surface area contributed by atoms with E-state index in [4.69, 9.17) is 4.74 Å². The second kappa shape index (κ2) is 8.78. The van der Waals surface area contributed by atoms with Gasteiger partial charge in [0.25, 0.3) is 5.56 Å². The molecule has 9 heteroatoms. The molecule has 0 spiro atoms. The topological polar surface area (TPSA) is 66.1 Å². The van der Waals surface area contributed by atoms with Gasteiger partial charge in [0.05, 0.1) is 35.5 Å². The number of aromatic nitrogens is 3. The Hall–Kier alpha value is -3.20. The Morgan fingerprint density at radius 2 is 1.80 bits per heavy atom. The monoisotopic (exact) mass is 485 g/mol. The van der Waals surface area contributed by atoms with Crippen LogP contribution in [0.5, 0.6) is 0 Å². The average Bonchev–Trinajstić information content (AvgIpc) is 3.49. The van der Waals surface area contributed by atoms with Crippen molar-refractivity contribution in [1.29, 1.82) is 0 Å². The van der Waals surface area contributed by atoms with E-state index >= 15 is 0 Å². The summed E-state index contributed by atoms with van der Waals surface area (Å²) in [5, 5.41) is 0. The number of rotatable bonds is 4. The summed E-state index contributed by atoms with van der Waals surface area (Å²) in [7, 11) is 0. The molecular weight excluding hydrogens is 459 g/mol. The van der Waals surface area contributed by atoms with E-state index in [-0.39, 0.29) is 35.4 Å². The van der Waals surface area contributed by atoms with Gasteiger partial charge in [-0.2, -0.15) is 13.2 Å². The number of ketones is 1. The van der Waals surface area contributed by atoms with Crippen LogP contribution in [0.25, 0.3) is 5.69 Å². The summed E-state index contributed by atoms with van der Waals surface area (Å²) in [5.74, 6) is -0.440. The summed E-state index contributed by atoms with van der Waals surface area (Å²) in [6.07, 6.45) is 0.451. The molecule has 1 saturated heterocycles. The number of halogens is 3. The van der Waals surface area contributed by atoms with Crippen molar-refractivity contribution in [1.82, 2.24) is 14.1 Å².